The average molecular weight is 409 g/mol. The Labute approximate surface area is 134 Å². The lowest BCUT2D eigenvalue weighted by molar-refractivity contribution is -0.147. The van der Waals surface area contributed by atoms with Crippen molar-refractivity contribution in [3.63, 3.8) is 0 Å². The smallest absolute Gasteiger partial charge is 0.325 e. The summed E-state index contributed by atoms with van der Waals surface area (Å²) in [6.45, 7) is 2.00. The van der Waals surface area contributed by atoms with Crippen molar-refractivity contribution in [2.75, 3.05) is 26.8 Å². The van der Waals surface area contributed by atoms with E-state index in [0.29, 0.717) is 12.3 Å². The molecule has 7 heteroatoms. The topological polar surface area (TPSA) is 55.8 Å². The van der Waals surface area contributed by atoms with Gasteiger partial charge in [-0.15, -0.1) is 0 Å². The minimum Gasteiger partial charge on any atom is -0.483 e. The van der Waals surface area contributed by atoms with Crippen LogP contribution in [0.2, 0.25) is 0 Å². The number of amides is 1. The van der Waals surface area contributed by atoms with Gasteiger partial charge in [0, 0.05) is 11.0 Å². The molecule has 0 aromatic heterocycles. The first-order valence-corrected chi connectivity index (χ1v) is 7.49. The van der Waals surface area contributed by atoms with Gasteiger partial charge in [-0.1, -0.05) is 15.9 Å². The van der Waals surface area contributed by atoms with E-state index in [1.165, 1.54) is 12.0 Å². The Hall–Kier alpha value is -1.08. The Morgan fingerprint density at radius 1 is 1.30 bits per heavy atom. The second-order valence-electron chi connectivity index (χ2n) is 3.85. The second-order valence-corrected chi connectivity index (χ2v) is 5.62. The van der Waals surface area contributed by atoms with Crippen LogP contribution in [-0.4, -0.2) is 43.6 Å². The van der Waals surface area contributed by atoms with Crippen molar-refractivity contribution in [1.29, 1.82) is 0 Å². The van der Waals surface area contributed by atoms with E-state index < -0.39 is 5.97 Å². The van der Waals surface area contributed by atoms with Crippen LogP contribution in [-0.2, 0) is 14.3 Å². The minimum atomic E-state index is -0.454. The van der Waals surface area contributed by atoms with Crippen LogP contribution >= 0.6 is 31.9 Å². The monoisotopic (exact) mass is 407 g/mol. The Morgan fingerprint density at radius 3 is 2.55 bits per heavy atom. The van der Waals surface area contributed by atoms with Gasteiger partial charge in [0.1, 0.15) is 12.3 Å². The molecule has 110 valence electrons. The Kier molecular flexibility index (Phi) is 7.01. The maximum atomic E-state index is 11.9. The molecular weight excluding hydrogens is 394 g/mol. The fourth-order valence-corrected chi connectivity index (χ4v) is 2.58. The van der Waals surface area contributed by atoms with E-state index in [9.17, 15) is 9.59 Å². The maximum absolute atomic E-state index is 11.9. The van der Waals surface area contributed by atoms with E-state index in [2.05, 4.69) is 36.6 Å². The molecule has 0 bridgehead atoms. The minimum absolute atomic E-state index is 0.0727. The van der Waals surface area contributed by atoms with Gasteiger partial charge in [0.15, 0.2) is 6.61 Å². The molecule has 0 aliphatic carbocycles. The van der Waals surface area contributed by atoms with Gasteiger partial charge in [-0.3, -0.25) is 9.59 Å². The van der Waals surface area contributed by atoms with Crippen molar-refractivity contribution in [2.24, 2.45) is 0 Å². The maximum Gasteiger partial charge on any atom is 0.325 e. The van der Waals surface area contributed by atoms with Crippen molar-refractivity contribution in [1.82, 2.24) is 4.90 Å². The van der Waals surface area contributed by atoms with Gasteiger partial charge < -0.3 is 14.4 Å². The van der Waals surface area contributed by atoms with Gasteiger partial charge in [0.25, 0.3) is 5.91 Å². The predicted octanol–water partition coefficient (Wildman–Crippen LogP) is 2.61. The number of carbonyl (C=O) groups is 2. The summed E-state index contributed by atoms with van der Waals surface area (Å²) in [6, 6.07) is 5.39. The van der Waals surface area contributed by atoms with Crippen LogP contribution in [0.5, 0.6) is 5.75 Å². The van der Waals surface area contributed by atoms with Crippen LogP contribution in [0, 0.1) is 0 Å². The highest BCUT2D eigenvalue weighted by atomic mass is 79.9. The fraction of sp³-hybridized carbons (Fsp3) is 0.385. The molecule has 0 radical (unpaired) electrons. The van der Waals surface area contributed by atoms with Gasteiger partial charge in [-0.25, -0.2) is 0 Å². The molecule has 0 atom stereocenters. The molecule has 0 aliphatic heterocycles. The number of carbonyl (C=O) groups excluding carboxylic acids is 2. The van der Waals surface area contributed by atoms with Gasteiger partial charge in [-0.05, 0) is 41.1 Å². The molecule has 0 saturated heterocycles. The van der Waals surface area contributed by atoms with Crippen molar-refractivity contribution >= 4 is 43.7 Å². The van der Waals surface area contributed by atoms with Crippen LogP contribution in [0.4, 0.5) is 0 Å². The van der Waals surface area contributed by atoms with Crippen molar-refractivity contribution in [3.05, 3.63) is 27.1 Å². The zero-order valence-corrected chi connectivity index (χ0v) is 14.4. The normalized spacial score (nSPS) is 10.0. The lowest BCUT2D eigenvalue weighted by atomic mass is 10.3. The number of benzene rings is 1. The average Bonchev–Trinajstić information content (AvgIpc) is 2.43. The van der Waals surface area contributed by atoms with Crippen molar-refractivity contribution < 1.29 is 19.1 Å². The molecule has 0 N–H and O–H groups in total. The SMILES string of the molecule is CCN(CC(=O)OC)C(=O)COc1ccc(Br)cc1Br. The number of nitrogens with zero attached hydrogens (tertiary/aromatic N) is 1. The molecule has 1 aromatic carbocycles. The van der Waals surface area contributed by atoms with E-state index in [1.54, 1.807) is 13.0 Å². The number of rotatable bonds is 6. The summed E-state index contributed by atoms with van der Waals surface area (Å²) < 4.78 is 11.6. The number of hydrogen-bond acceptors (Lipinski definition) is 4. The highest BCUT2D eigenvalue weighted by Crippen LogP contribution is 2.28. The molecule has 0 unspecified atom stereocenters. The van der Waals surface area contributed by atoms with Gasteiger partial charge in [-0.2, -0.15) is 0 Å². The van der Waals surface area contributed by atoms with Gasteiger partial charge >= 0.3 is 5.97 Å². The first kappa shape index (κ1) is 17.0. The molecular formula is C13H15Br2NO4. The molecule has 1 rings (SSSR count). The highest BCUT2D eigenvalue weighted by Gasteiger charge is 2.16. The van der Waals surface area contributed by atoms with Crippen LogP contribution in [0.25, 0.3) is 0 Å². The van der Waals surface area contributed by atoms with E-state index in [-0.39, 0.29) is 19.1 Å². The largest absolute Gasteiger partial charge is 0.483 e. The van der Waals surface area contributed by atoms with Crippen LogP contribution in [0.15, 0.2) is 27.1 Å². The van der Waals surface area contributed by atoms with E-state index in [0.717, 1.165) is 8.95 Å². The molecule has 0 aliphatic rings. The standard InChI is InChI=1S/C13H15Br2NO4/c1-3-16(7-13(18)19-2)12(17)8-20-11-5-4-9(14)6-10(11)15/h4-6H,3,7-8H2,1-2H3. The lowest BCUT2D eigenvalue weighted by Gasteiger charge is -2.19. The van der Waals surface area contributed by atoms with Crippen LogP contribution < -0.4 is 4.74 Å². The van der Waals surface area contributed by atoms with E-state index >= 15 is 0 Å². The zero-order chi connectivity index (χ0) is 15.1. The second kappa shape index (κ2) is 8.26. The first-order chi connectivity index (χ1) is 9.47. The third-order valence-corrected chi connectivity index (χ3v) is 3.64. The molecule has 1 amide bonds. The molecule has 1 aromatic rings. The molecule has 0 heterocycles. The first-order valence-electron chi connectivity index (χ1n) is 5.90. The number of hydrogen-bond donors (Lipinski definition) is 0. The van der Waals surface area contributed by atoms with E-state index in [1.807, 2.05) is 12.1 Å². The highest BCUT2D eigenvalue weighted by molar-refractivity contribution is 9.11. The molecule has 20 heavy (non-hydrogen) atoms. The van der Waals surface area contributed by atoms with Crippen molar-refractivity contribution in [2.45, 2.75) is 6.92 Å². The van der Waals surface area contributed by atoms with E-state index in [4.69, 9.17) is 4.74 Å². The number of likely N-dealkylation sites (N-methyl/N-ethyl adjacent to an activating group) is 1. The molecule has 0 saturated carbocycles. The summed E-state index contributed by atoms with van der Waals surface area (Å²) in [6.07, 6.45) is 0. The summed E-state index contributed by atoms with van der Waals surface area (Å²) in [4.78, 5) is 24.5. The predicted molar refractivity (Wildman–Crippen MR) is 81.6 cm³/mol. The molecule has 5 nitrogen and oxygen atoms in total. The quantitative estimate of drug-likeness (QED) is 0.679. The Balaban J connectivity index is 2.58. The fourth-order valence-electron chi connectivity index (χ4n) is 1.42. The lowest BCUT2D eigenvalue weighted by Crippen LogP contribution is -2.38. The van der Waals surface area contributed by atoms with Crippen molar-refractivity contribution in [3.8, 4) is 5.75 Å². The third kappa shape index (κ3) is 5.13. The Bertz CT molecular complexity index is 493. The summed E-state index contributed by atoms with van der Waals surface area (Å²) in [5, 5.41) is 0. The number of halogens is 2. The van der Waals surface area contributed by atoms with Crippen LogP contribution in [0.3, 0.4) is 0 Å². The summed E-state index contributed by atoms with van der Waals surface area (Å²) in [7, 11) is 1.29. The third-order valence-electron chi connectivity index (χ3n) is 2.53. The Morgan fingerprint density at radius 2 is 2.00 bits per heavy atom. The number of ether oxygens (including phenoxy) is 2. The number of methoxy groups -OCH3 is 1. The molecule has 0 fully saturated rings. The summed E-state index contributed by atoms with van der Waals surface area (Å²) in [5.41, 5.74) is 0. The number of esters is 1. The van der Waals surface area contributed by atoms with Gasteiger partial charge in [0.05, 0.1) is 11.6 Å². The molecule has 0 spiro atoms. The van der Waals surface area contributed by atoms with Crippen LogP contribution in [0.1, 0.15) is 6.92 Å². The zero-order valence-electron chi connectivity index (χ0n) is 11.2. The summed E-state index contributed by atoms with van der Waals surface area (Å²) >= 11 is 6.68. The van der Waals surface area contributed by atoms with Gasteiger partial charge in [0.2, 0.25) is 0 Å². The summed E-state index contributed by atoms with van der Waals surface area (Å²) in [5.74, 6) is -0.159.